The first-order valence-electron chi connectivity index (χ1n) is 9.05. The van der Waals surface area contributed by atoms with Crippen molar-refractivity contribution in [1.82, 2.24) is 0 Å². The van der Waals surface area contributed by atoms with Crippen molar-refractivity contribution in [3.63, 3.8) is 0 Å². The first kappa shape index (κ1) is 22.5. The Bertz CT molecular complexity index is 1430. The van der Waals surface area contributed by atoms with Crippen molar-refractivity contribution in [1.29, 1.82) is 0 Å². The summed E-state index contributed by atoms with van der Waals surface area (Å²) in [5.41, 5.74) is 3.58. The molecule has 5 aromatic rings. The maximum atomic E-state index is 12.7. The van der Waals surface area contributed by atoms with E-state index in [1.807, 2.05) is 43.3 Å². The molecule has 1 radical (unpaired) electrons. The van der Waals surface area contributed by atoms with Gasteiger partial charge in [0.2, 0.25) is 0 Å². The summed E-state index contributed by atoms with van der Waals surface area (Å²) in [4.78, 5) is 14.5. The van der Waals surface area contributed by atoms with Crippen LogP contribution in [0.3, 0.4) is 0 Å². The van der Waals surface area contributed by atoms with Crippen LogP contribution < -0.4 is 10.3 Å². The molecule has 0 aliphatic rings. The van der Waals surface area contributed by atoms with Crippen molar-refractivity contribution in [3.05, 3.63) is 90.8 Å². The molecule has 2 aromatic heterocycles. The van der Waals surface area contributed by atoms with E-state index in [9.17, 15) is 4.79 Å². The van der Waals surface area contributed by atoms with Crippen molar-refractivity contribution in [2.75, 3.05) is 19.0 Å². The Morgan fingerprint density at radius 1 is 0.933 bits per heavy atom. The van der Waals surface area contributed by atoms with Gasteiger partial charge in [-0.2, -0.15) is 18.6 Å². The number of anilines is 1. The molecule has 0 fully saturated rings. The van der Waals surface area contributed by atoms with Crippen molar-refractivity contribution in [2.24, 2.45) is 0 Å². The van der Waals surface area contributed by atoms with Crippen molar-refractivity contribution in [3.8, 4) is 11.1 Å². The maximum Gasteiger partial charge on any atom is 0.199 e. The fourth-order valence-electron chi connectivity index (χ4n) is 3.71. The Hall–Kier alpha value is -2.14. The molecule has 0 spiro atoms. The minimum Gasteiger partial charge on any atom is -0.440 e. The zero-order valence-electron chi connectivity index (χ0n) is 17.2. The molecule has 2 heterocycles. The van der Waals surface area contributed by atoms with E-state index < -0.39 is 0 Å². The number of rotatable bonds is 2. The maximum absolute atomic E-state index is 12.7. The van der Waals surface area contributed by atoms with Gasteiger partial charge in [0.05, 0.1) is 5.39 Å². The second-order valence-corrected chi connectivity index (χ2v) is 8.15. The quantitative estimate of drug-likeness (QED) is 0.265. The summed E-state index contributed by atoms with van der Waals surface area (Å²) in [5.74, 6) is 0.548. The first-order valence-corrected chi connectivity index (χ1v) is 9.87. The predicted molar refractivity (Wildman–Crippen MR) is 126 cm³/mol. The van der Waals surface area contributed by atoms with Gasteiger partial charge in [0.1, 0.15) is 5.58 Å². The van der Waals surface area contributed by atoms with Crippen molar-refractivity contribution >= 4 is 48.4 Å². The van der Waals surface area contributed by atoms with Crippen molar-refractivity contribution < 1.29 is 37.1 Å². The molecule has 149 valence electrons. The number of thiophene rings is 1. The molecule has 5 rings (SSSR count). The Kier molecular flexibility index (Phi) is 6.42. The molecular weight excluding hydrogens is 467 g/mol. The number of fused-ring (bicyclic) bond motifs is 4. The molecule has 0 unspecified atom stereocenters. The molecule has 0 saturated heterocycles. The van der Waals surface area contributed by atoms with Crippen LogP contribution in [0, 0.1) is 14.4 Å². The molecule has 0 aliphatic heterocycles. The van der Waals surface area contributed by atoms with E-state index in [1.165, 1.54) is 20.2 Å². The minimum atomic E-state index is -0.0341. The molecule has 0 amide bonds. The van der Waals surface area contributed by atoms with Crippen LogP contribution >= 0.6 is 11.3 Å². The number of para-hydroxylation sites is 1. The van der Waals surface area contributed by atoms with Crippen LogP contribution in [0.15, 0.2) is 69.9 Å². The van der Waals surface area contributed by atoms with Gasteiger partial charge in [-0.05, 0) is 22.4 Å². The Balaban J connectivity index is 0.00000128. The third kappa shape index (κ3) is 3.47. The van der Waals surface area contributed by atoms with Gasteiger partial charge in [0, 0.05) is 63.1 Å². The van der Waals surface area contributed by atoms with Crippen LogP contribution in [0.1, 0.15) is 5.56 Å². The number of nitrogens with zero attached hydrogens (tertiary/aromatic N) is 1. The zero-order valence-corrected chi connectivity index (χ0v) is 20.9. The normalized spacial score (nSPS) is 10.7. The van der Waals surface area contributed by atoms with Crippen LogP contribution in [-0.4, -0.2) is 14.1 Å². The van der Waals surface area contributed by atoms with E-state index in [-0.39, 0.29) is 45.6 Å². The summed E-state index contributed by atoms with van der Waals surface area (Å²) in [6.45, 7) is 4.25. The third-order valence-corrected chi connectivity index (χ3v) is 6.29. The SMILES string of the molecule is [CH2-]c1ccc(-c2cccc3c(=O)cc(N(C)C)oc23)c2sc3ccccc3c12.[CH3-].[Y]. The molecule has 3 aromatic carbocycles. The summed E-state index contributed by atoms with van der Waals surface area (Å²) in [5, 5.41) is 2.97. The molecule has 3 nitrogen and oxygen atoms in total. The molecule has 0 N–H and O–H groups in total. The Morgan fingerprint density at radius 3 is 2.43 bits per heavy atom. The summed E-state index contributed by atoms with van der Waals surface area (Å²) < 4.78 is 8.55. The molecule has 0 aliphatic carbocycles. The predicted octanol–water partition coefficient (Wildman–Crippen LogP) is 6.52. The monoisotopic (exact) mass is 488 g/mol. The third-order valence-electron chi connectivity index (χ3n) is 5.09. The van der Waals surface area contributed by atoms with Gasteiger partial charge in [0.25, 0.3) is 0 Å². The summed E-state index contributed by atoms with van der Waals surface area (Å²) >= 11 is 1.75. The molecule has 5 heteroatoms. The van der Waals surface area contributed by atoms with Gasteiger partial charge in [-0.1, -0.05) is 35.7 Å². The smallest absolute Gasteiger partial charge is 0.199 e. The van der Waals surface area contributed by atoms with E-state index >= 15 is 0 Å². The summed E-state index contributed by atoms with van der Waals surface area (Å²) in [6.07, 6.45) is 0. The zero-order chi connectivity index (χ0) is 19.4. The molecule has 0 saturated carbocycles. The van der Waals surface area contributed by atoms with Crippen LogP contribution in [0.5, 0.6) is 0 Å². The fraction of sp³-hybridized carbons (Fsp3) is 0.0800. The molecule has 0 bridgehead atoms. The second kappa shape index (κ2) is 8.54. The van der Waals surface area contributed by atoms with Crippen molar-refractivity contribution in [2.45, 2.75) is 0 Å². The van der Waals surface area contributed by atoms with E-state index in [1.54, 1.807) is 17.4 Å². The number of hydrogen-bond donors (Lipinski definition) is 0. The van der Waals surface area contributed by atoms with Gasteiger partial charge in [0.15, 0.2) is 11.3 Å². The van der Waals surface area contributed by atoms with Crippen LogP contribution in [0.4, 0.5) is 5.88 Å². The van der Waals surface area contributed by atoms with E-state index in [0.29, 0.717) is 16.9 Å². The molecule has 30 heavy (non-hydrogen) atoms. The van der Waals surface area contributed by atoms with Gasteiger partial charge in [-0.25, -0.2) is 0 Å². The number of benzene rings is 3. The van der Waals surface area contributed by atoms with Gasteiger partial charge in [-0.15, -0.1) is 22.8 Å². The largest absolute Gasteiger partial charge is 0.440 e. The van der Waals surface area contributed by atoms with Crippen LogP contribution in [0.25, 0.3) is 42.3 Å². The number of hydrogen-bond acceptors (Lipinski definition) is 4. The van der Waals surface area contributed by atoms with Crippen LogP contribution in [-0.2, 0) is 32.7 Å². The molecule has 0 atom stereocenters. The summed E-state index contributed by atoms with van der Waals surface area (Å²) in [7, 11) is 3.74. The van der Waals surface area contributed by atoms with E-state index in [2.05, 4.69) is 37.3 Å². The topological polar surface area (TPSA) is 33.5 Å². The standard InChI is InChI=1S/C24H18NO2S.CH3.Y/c1-14-11-12-16(24-22(14)18-7-4-5-10-20(18)28-24)15-8-6-9-17-19(26)13-21(25(2)3)27-23(15)17;;/h4-13H,1H2,2-3H3;1H3;/q2*-1;. The minimum absolute atomic E-state index is 0. The fourth-order valence-corrected chi connectivity index (χ4v) is 4.98. The average molecular weight is 488 g/mol. The van der Waals surface area contributed by atoms with E-state index in [0.717, 1.165) is 16.7 Å². The van der Waals surface area contributed by atoms with Gasteiger partial charge >= 0.3 is 0 Å². The second-order valence-electron chi connectivity index (χ2n) is 7.10. The Labute approximate surface area is 205 Å². The van der Waals surface area contributed by atoms with Gasteiger partial charge < -0.3 is 16.7 Å². The van der Waals surface area contributed by atoms with E-state index in [4.69, 9.17) is 4.42 Å². The van der Waals surface area contributed by atoms with Crippen LogP contribution in [0.2, 0.25) is 0 Å². The summed E-state index contributed by atoms with van der Waals surface area (Å²) in [6, 6.07) is 19.8. The average Bonchev–Trinajstić information content (AvgIpc) is 3.08. The first-order chi connectivity index (χ1) is 13.5. The van der Waals surface area contributed by atoms with Gasteiger partial charge in [-0.3, -0.25) is 4.79 Å². The Morgan fingerprint density at radius 2 is 1.67 bits per heavy atom. The molecular formula is C25H21NO2SY-2.